The van der Waals surface area contributed by atoms with Crippen LogP contribution in [0, 0.1) is 0 Å². The van der Waals surface area contributed by atoms with Gasteiger partial charge in [0, 0.05) is 5.56 Å². The molecular weight excluding hydrogens is 346 g/mol. The molecule has 6 nitrogen and oxygen atoms in total. The number of carbonyl (C=O) groups excluding carboxylic acids is 3. The maximum Gasteiger partial charge on any atom is 1.00 e. The van der Waals surface area contributed by atoms with E-state index >= 15 is 0 Å². The Kier molecular flexibility index (Phi) is 15.9. The van der Waals surface area contributed by atoms with Crippen LogP contribution in [0.15, 0.2) is 18.2 Å². The van der Waals surface area contributed by atoms with E-state index in [-0.39, 0.29) is 76.8 Å². The summed E-state index contributed by atoms with van der Waals surface area (Å²) in [7, 11) is 0. The van der Waals surface area contributed by atoms with Crippen LogP contribution in [0.3, 0.4) is 0 Å². The second-order valence-corrected chi connectivity index (χ2v) is 5.24. The zero-order chi connectivity index (χ0) is 17.2. The van der Waals surface area contributed by atoms with Gasteiger partial charge in [0.25, 0.3) is 0 Å². The van der Waals surface area contributed by atoms with Crippen LogP contribution in [-0.2, 0) is 4.74 Å². The predicted molar refractivity (Wildman–Crippen MR) is 78.8 cm³/mol. The molecule has 0 aliphatic rings. The fourth-order valence-corrected chi connectivity index (χ4v) is 2.14. The molecule has 0 unspecified atom stereocenters. The standard InChI is InChI=1S/C17H22O6.2Na/c1-2-3-4-5-6-7-10-23-17(22)13-9-8-12(15(18)19)11-14(13)16(20)21;;/h8-9,11H,2-7,10H2,1H3,(H,18,19)(H,20,21);;/q;2*+1/p-2. The van der Waals surface area contributed by atoms with E-state index in [9.17, 15) is 24.6 Å². The molecule has 0 bridgehead atoms. The average molecular weight is 366 g/mol. The van der Waals surface area contributed by atoms with Crippen LogP contribution < -0.4 is 69.3 Å². The van der Waals surface area contributed by atoms with Gasteiger partial charge < -0.3 is 24.5 Å². The molecule has 0 spiro atoms. The number of carboxylic acids is 2. The first-order chi connectivity index (χ1) is 11.0. The molecule has 0 saturated heterocycles. The predicted octanol–water partition coefficient (Wildman–Crippen LogP) is -5.06. The van der Waals surface area contributed by atoms with Crippen LogP contribution >= 0.6 is 0 Å². The molecule has 126 valence electrons. The largest absolute Gasteiger partial charge is 1.00 e. The Morgan fingerprint density at radius 2 is 1.48 bits per heavy atom. The minimum Gasteiger partial charge on any atom is -0.545 e. The van der Waals surface area contributed by atoms with E-state index in [2.05, 4.69) is 6.92 Å². The van der Waals surface area contributed by atoms with Crippen molar-refractivity contribution in [3.8, 4) is 0 Å². The van der Waals surface area contributed by atoms with Gasteiger partial charge in [-0.1, -0.05) is 45.1 Å². The molecule has 0 amide bonds. The number of carboxylic acid groups (broad SMARTS) is 2. The summed E-state index contributed by atoms with van der Waals surface area (Å²) in [6.45, 7) is 2.32. The van der Waals surface area contributed by atoms with Crippen LogP contribution in [0.25, 0.3) is 0 Å². The number of ether oxygens (including phenoxy) is 1. The second kappa shape index (κ2) is 14.8. The van der Waals surface area contributed by atoms with Crippen molar-refractivity contribution in [3.05, 3.63) is 34.9 Å². The SMILES string of the molecule is CCCCCCCCOC(=O)c1ccc(C(=O)[O-])cc1C(=O)[O-].[Na+].[Na+]. The first-order valence-corrected chi connectivity index (χ1v) is 7.71. The van der Waals surface area contributed by atoms with Crippen LogP contribution in [0.1, 0.15) is 76.5 Å². The summed E-state index contributed by atoms with van der Waals surface area (Å²) >= 11 is 0. The van der Waals surface area contributed by atoms with E-state index in [4.69, 9.17) is 4.74 Å². The summed E-state index contributed by atoms with van der Waals surface area (Å²) in [5.74, 6) is -3.97. The smallest absolute Gasteiger partial charge is 0.545 e. The van der Waals surface area contributed by atoms with Crippen LogP contribution in [0.4, 0.5) is 0 Å². The van der Waals surface area contributed by atoms with Crippen molar-refractivity contribution >= 4 is 17.9 Å². The molecule has 0 saturated carbocycles. The zero-order valence-corrected chi connectivity index (χ0v) is 19.1. The third-order valence-corrected chi connectivity index (χ3v) is 3.43. The molecule has 0 heterocycles. The Balaban J connectivity index is 0. The Bertz CT molecular complexity index is 574. The summed E-state index contributed by atoms with van der Waals surface area (Å²) in [5, 5.41) is 21.8. The van der Waals surface area contributed by atoms with Crippen molar-refractivity contribution in [1.82, 2.24) is 0 Å². The van der Waals surface area contributed by atoms with E-state index in [0.717, 1.165) is 43.9 Å². The van der Waals surface area contributed by atoms with Crippen molar-refractivity contribution in [1.29, 1.82) is 0 Å². The Morgan fingerprint density at radius 3 is 2.04 bits per heavy atom. The average Bonchev–Trinajstić information content (AvgIpc) is 2.53. The van der Waals surface area contributed by atoms with Gasteiger partial charge in [-0.25, -0.2) is 4.79 Å². The normalized spacial score (nSPS) is 9.48. The Hall–Kier alpha value is -0.370. The maximum absolute atomic E-state index is 11.9. The van der Waals surface area contributed by atoms with Gasteiger partial charge in [-0.05, 0) is 24.1 Å². The molecule has 0 fully saturated rings. The van der Waals surface area contributed by atoms with Gasteiger partial charge in [-0.15, -0.1) is 0 Å². The van der Waals surface area contributed by atoms with Crippen molar-refractivity contribution in [2.45, 2.75) is 45.4 Å². The van der Waals surface area contributed by atoms with E-state index in [0.29, 0.717) is 6.42 Å². The van der Waals surface area contributed by atoms with Gasteiger partial charge >= 0.3 is 65.1 Å². The van der Waals surface area contributed by atoms with Crippen molar-refractivity contribution in [2.75, 3.05) is 6.61 Å². The van der Waals surface area contributed by atoms with Gasteiger partial charge in [0.2, 0.25) is 0 Å². The molecule has 1 aromatic carbocycles. The second-order valence-electron chi connectivity index (χ2n) is 5.24. The zero-order valence-electron chi connectivity index (χ0n) is 15.1. The minimum absolute atomic E-state index is 0. The molecule has 8 heteroatoms. The Labute approximate surface area is 191 Å². The maximum atomic E-state index is 11.9. The molecule has 1 rings (SSSR count). The summed E-state index contributed by atoms with van der Waals surface area (Å²) in [5.41, 5.74) is -1.07. The number of benzene rings is 1. The number of hydrogen-bond donors (Lipinski definition) is 0. The first kappa shape index (κ1) is 26.9. The number of esters is 1. The molecule has 0 aliphatic heterocycles. The molecule has 0 aliphatic carbocycles. The number of rotatable bonds is 10. The monoisotopic (exact) mass is 366 g/mol. The molecule has 25 heavy (non-hydrogen) atoms. The van der Waals surface area contributed by atoms with E-state index in [1.165, 1.54) is 6.42 Å². The van der Waals surface area contributed by atoms with Crippen LogP contribution in [0.5, 0.6) is 0 Å². The van der Waals surface area contributed by atoms with Gasteiger partial charge in [0.05, 0.1) is 24.1 Å². The van der Waals surface area contributed by atoms with Crippen molar-refractivity contribution in [3.63, 3.8) is 0 Å². The molecule has 0 N–H and O–H groups in total. The topological polar surface area (TPSA) is 107 Å². The molecule has 0 radical (unpaired) electrons. The fraction of sp³-hybridized carbons (Fsp3) is 0.471. The minimum atomic E-state index is -1.64. The third-order valence-electron chi connectivity index (χ3n) is 3.43. The van der Waals surface area contributed by atoms with Gasteiger partial charge in [-0.2, -0.15) is 0 Å². The van der Waals surface area contributed by atoms with Gasteiger partial charge in [0.1, 0.15) is 0 Å². The molecular formula is C17H20Na2O6. The van der Waals surface area contributed by atoms with E-state index in [1.54, 1.807) is 0 Å². The number of carbonyl (C=O) groups is 3. The summed E-state index contributed by atoms with van der Waals surface area (Å²) in [6, 6.07) is 3.04. The number of aromatic carboxylic acids is 2. The van der Waals surface area contributed by atoms with Crippen molar-refractivity contribution < 1.29 is 88.4 Å². The molecule has 1 aromatic rings. The van der Waals surface area contributed by atoms with Crippen molar-refractivity contribution in [2.24, 2.45) is 0 Å². The summed E-state index contributed by atoms with van der Waals surface area (Å²) in [4.78, 5) is 33.7. The number of hydrogen-bond acceptors (Lipinski definition) is 6. The van der Waals surface area contributed by atoms with Crippen LogP contribution in [-0.4, -0.2) is 24.5 Å². The summed E-state index contributed by atoms with van der Waals surface area (Å²) in [6.07, 6.45) is 6.18. The first-order valence-electron chi connectivity index (χ1n) is 7.71. The van der Waals surface area contributed by atoms with Gasteiger partial charge in [-0.3, -0.25) is 0 Å². The molecule has 0 aromatic heterocycles. The van der Waals surface area contributed by atoms with E-state index in [1.807, 2.05) is 0 Å². The van der Waals surface area contributed by atoms with Gasteiger partial charge in [0.15, 0.2) is 0 Å². The summed E-state index contributed by atoms with van der Waals surface area (Å²) < 4.78 is 5.03. The fourth-order valence-electron chi connectivity index (χ4n) is 2.14. The van der Waals surface area contributed by atoms with E-state index < -0.39 is 23.5 Å². The quantitative estimate of drug-likeness (QED) is 0.233. The Morgan fingerprint density at radius 1 is 0.880 bits per heavy atom. The third kappa shape index (κ3) is 9.78. The number of unbranched alkanes of at least 4 members (excludes halogenated alkanes) is 5. The molecule has 0 atom stereocenters. The van der Waals surface area contributed by atoms with Crippen LogP contribution in [0.2, 0.25) is 0 Å².